The molecule has 8 heteroatoms. The number of halogens is 3. The third-order valence-corrected chi connectivity index (χ3v) is 3.32. The van der Waals surface area contributed by atoms with Gasteiger partial charge in [0.15, 0.2) is 0 Å². The molecule has 1 unspecified atom stereocenters. The van der Waals surface area contributed by atoms with Gasteiger partial charge in [-0.1, -0.05) is 12.1 Å². The van der Waals surface area contributed by atoms with Gasteiger partial charge in [-0.05, 0) is 38.0 Å². The number of nitrogens with two attached hydrogens (primary N) is 1. The van der Waals surface area contributed by atoms with E-state index < -0.39 is 12.1 Å². The standard InChI is InChI=1S/C16H22F3N3O2/c1-3-22(15(24)16(17,18)19)10-12-5-4-6-13(9-12)21-14(23)8-7-11(2)20/h4-6,9,11H,3,7-8,10,20H2,1-2H3,(H,21,23). The Kier molecular flexibility index (Phi) is 7.21. The van der Waals surface area contributed by atoms with E-state index in [-0.39, 0.29) is 31.5 Å². The summed E-state index contributed by atoms with van der Waals surface area (Å²) in [6, 6.07) is 6.31. The normalized spacial score (nSPS) is 12.6. The number of nitrogens with one attached hydrogen (secondary N) is 1. The van der Waals surface area contributed by atoms with E-state index in [4.69, 9.17) is 5.73 Å². The van der Waals surface area contributed by atoms with Crippen LogP contribution in [0.5, 0.6) is 0 Å². The highest BCUT2D eigenvalue weighted by atomic mass is 19.4. The average Bonchev–Trinajstić information content (AvgIpc) is 2.49. The van der Waals surface area contributed by atoms with E-state index in [1.807, 2.05) is 0 Å². The minimum absolute atomic E-state index is 0.0662. The molecule has 24 heavy (non-hydrogen) atoms. The van der Waals surface area contributed by atoms with Gasteiger partial charge in [0.1, 0.15) is 0 Å². The van der Waals surface area contributed by atoms with Crippen molar-refractivity contribution in [1.82, 2.24) is 4.90 Å². The van der Waals surface area contributed by atoms with Crippen LogP contribution >= 0.6 is 0 Å². The first-order valence-electron chi connectivity index (χ1n) is 7.64. The summed E-state index contributed by atoms with van der Waals surface area (Å²) in [6.07, 6.45) is -4.11. The summed E-state index contributed by atoms with van der Waals surface area (Å²) < 4.78 is 37.6. The van der Waals surface area contributed by atoms with Crippen LogP contribution in [0.3, 0.4) is 0 Å². The summed E-state index contributed by atoms with van der Waals surface area (Å²) in [5, 5.41) is 2.67. The summed E-state index contributed by atoms with van der Waals surface area (Å²) >= 11 is 0. The number of hydrogen-bond acceptors (Lipinski definition) is 3. The molecule has 0 spiro atoms. The summed E-state index contributed by atoms with van der Waals surface area (Å²) in [5.41, 5.74) is 6.55. The number of carbonyl (C=O) groups is 2. The van der Waals surface area contributed by atoms with Gasteiger partial charge in [-0.3, -0.25) is 9.59 Å². The Balaban J connectivity index is 2.74. The second-order valence-electron chi connectivity index (χ2n) is 5.58. The van der Waals surface area contributed by atoms with Gasteiger partial charge in [0.2, 0.25) is 5.91 Å². The molecule has 3 N–H and O–H groups in total. The average molecular weight is 345 g/mol. The fraction of sp³-hybridized carbons (Fsp3) is 0.500. The van der Waals surface area contributed by atoms with Gasteiger partial charge >= 0.3 is 12.1 Å². The Labute approximate surface area is 139 Å². The Morgan fingerprint density at radius 1 is 1.33 bits per heavy atom. The summed E-state index contributed by atoms with van der Waals surface area (Å²) in [6.45, 7) is 3.02. The molecule has 134 valence electrons. The molecule has 0 aliphatic heterocycles. The van der Waals surface area contributed by atoms with Crippen LogP contribution in [-0.2, 0) is 16.1 Å². The molecule has 1 atom stereocenters. The minimum Gasteiger partial charge on any atom is -0.331 e. The lowest BCUT2D eigenvalue weighted by Gasteiger charge is -2.22. The zero-order valence-corrected chi connectivity index (χ0v) is 13.7. The number of alkyl halides is 3. The smallest absolute Gasteiger partial charge is 0.331 e. The van der Waals surface area contributed by atoms with Crippen molar-refractivity contribution >= 4 is 17.5 Å². The molecule has 0 heterocycles. The van der Waals surface area contributed by atoms with Crippen LogP contribution < -0.4 is 11.1 Å². The first-order valence-corrected chi connectivity index (χ1v) is 7.64. The molecular formula is C16H22F3N3O2. The first kappa shape index (κ1) is 20.0. The fourth-order valence-corrected chi connectivity index (χ4v) is 2.06. The Morgan fingerprint density at radius 2 is 2.00 bits per heavy atom. The zero-order chi connectivity index (χ0) is 18.3. The lowest BCUT2D eigenvalue weighted by atomic mass is 10.1. The van der Waals surface area contributed by atoms with Gasteiger partial charge in [0, 0.05) is 31.2 Å². The first-order chi connectivity index (χ1) is 11.1. The molecule has 1 aromatic rings. The van der Waals surface area contributed by atoms with Crippen molar-refractivity contribution in [3.63, 3.8) is 0 Å². The zero-order valence-electron chi connectivity index (χ0n) is 13.7. The van der Waals surface area contributed by atoms with Crippen LogP contribution in [0, 0.1) is 0 Å². The van der Waals surface area contributed by atoms with Gasteiger partial charge in [-0.25, -0.2) is 0 Å². The highest BCUT2D eigenvalue weighted by Crippen LogP contribution is 2.21. The van der Waals surface area contributed by atoms with Crippen LogP contribution in [0.2, 0.25) is 0 Å². The van der Waals surface area contributed by atoms with Crippen molar-refractivity contribution in [3.05, 3.63) is 29.8 Å². The molecule has 0 saturated heterocycles. The third kappa shape index (κ3) is 6.57. The summed E-state index contributed by atoms with van der Waals surface area (Å²) in [7, 11) is 0. The van der Waals surface area contributed by atoms with E-state index in [2.05, 4.69) is 5.32 Å². The van der Waals surface area contributed by atoms with E-state index in [0.29, 0.717) is 22.6 Å². The molecule has 0 saturated carbocycles. The van der Waals surface area contributed by atoms with Crippen LogP contribution in [0.1, 0.15) is 32.3 Å². The molecular weight excluding hydrogens is 323 g/mol. The number of benzene rings is 1. The van der Waals surface area contributed by atoms with Crippen molar-refractivity contribution < 1.29 is 22.8 Å². The van der Waals surface area contributed by atoms with Gasteiger partial charge in [0.05, 0.1) is 0 Å². The van der Waals surface area contributed by atoms with Crippen molar-refractivity contribution in [2.24, 2.45) is 5.73 Å². The van der Waals surface area contributed by atoms with Crippen LogP contribution in [0.4, 0.5) is 18.9 Å². The molecule has 5 nitrogen and oxygen atoms in total. The quantitative estimate of drug-likeness (QED) is 0.798. The second-order valence-corrected chi connectivity index (χ2v) is 5.58. The summed E-state index contributed by atoms with van der Waals surface area (Å²) in [5.74, 6) is -2.10. The number of rotatable bonds is 7. The predicted molar refractivity (Wildman–Crippen MR) is 85.1 cm³/mol. The number of anilines is 1. The monoisotopic (exact) mass is 345 g/mol. The number of hydrogen-bond donors (Lipinski definition) is 2. The molecule has 1 rings (SSSR count). The highest BCUT2D eigenvalue weighted by molar-refractivity contribution is 5.90. The minimum atomic E-state index is -4.90. The molecule has 0 aliphatic rings. The lowest BCUT2D eigenvalue weighted by molar-refractivity contribution is -0.185. The molecule has 0 aliphatic carbocycles. The predicted octanol–water partition coefficient (Wildman–Crippen LogP) is 2.66. The van der Waals surface area contributed by atoms with Crippen molar-refractivity contribution in [2.45, 2.75) is 45.5 Å². The van der Waals surface area contributed by atoms with Crippen LogP contribution in [0.15, 0.2) is 24.3 Å². The molecule has 0 fully saturated rings. The Hall–Kier alpha value is -2.09. The lowest BCUT2D eigenvalue weighted by Crippen LogP contribution is -2.40. The Bertz CT molecular complexity index is 574. The number of carbonyl (C=O) groups excluding carboxylic acids is 2. The van der Waals surface area contributed by atoms with Crippen molar-refractivity contribution in [3.8, 4) is 0 Å². The largest absolute Gasteiger partial charge is 0.471 e. The highest BCUT2D eigenvalue weighted by Gasteiger charge is 2.41. The molecule has 0 bridgehead atoms. The van der Waals surface area contributed by atoms with Gasteiger partial charge < -0.3 is 16.0 Å². The second kappa shape index (κ2) is 8.68. The maximum absolute atomic E-state index is 12.5. The summed E-state index contributed by atoms with van der Waals surface area (Å²) in [4.78, 5) is 23.8. The van der Waals surface area contributed by atoms with Crippen molar-refractivity contribution in [1.29, 1.82) is 0 Å². The van der Waals surface area contributed by atoms with E-state index in [1.54, 1.807) is 31.2 Å². The molecule has 1 aromatic carbocycles. The van der Waals surface area contributed by atoms with Gasteiger partial charge in [-0.2, -0.15) is 13.2 Å². The van der Waals surface area contributed by atoms with E-state index in [0.717, 1.165) is 0 Å². The maximum Gasteiger partial charge on any atom is 0.471 e. The third-order valence-electron chi connectivity index (χ3n) is 3.32. The SMILES string of the molecule is CCN(Cc1cccc(NC(=O)CCC(C)N)c1)C(=O)C(F)(F)F. The van der Waals surface area contributed by atoms with E-state index >= 15 is 0 Å². The van der Waals surface area contributed by atoms with Gasteiger partial charge in [0.25, 0.3) is 0 Å². The number of amides is 2. The fourth-order valence-electron chi connectivity index (χ4n) is 2.06. The van der Waals surface area contributed by atoms with Gasteiger partial charge in [-0.15, -0.1) is 0 Å². The molecule has 0 aromatic heterocycles. The number of nitrogens with zero attached hydrogens (tertiary/aromatic N) is 1. The van der Waals surface area contributed by atoms with Crippen LogP contribution in [0.25, 0.3) is 0 Å². The van der Waals surface area contributed by atoms with Crippen LogP contribution in [-0.4, -0.2) is 35.5 Å². The topological polar surface area (TPSA) is 75.4 Å². The van der Waals surface area contributed by atoms with E-state index in [9.17, 15) is 22.8 Å². The molecule has 2 amide bonds. The maximum atomic E-state index is 12.5. The Morgan fingerprint density at radius 3 is 2.54 bits per heavy atom. The molecule has 0 radical (unpaired) electrons. The van der Waals surface area contributed by atoms with Crippen molar-refractivity contribution in [2.75, 3.05) is 11.9 Å². The van der Waals surface area contributed by atoms with E-state index in [1.165, 1.54) is 6.92 Å².